The minimum atomic E-state index is -0.174. The van der Waals surface area contributed by atoms with Gasteiger partial charge >= 0.3 is 0 Å². The Kier molecular flexibility index (Phi) is 9.45. The SMILES string of the molecule is CNC(=O)CCCCCCCCCC[C@@H]1Cc2cc(O)ccc2C2CC[C@@]3(C)C(C[C@@H](I)[C@@H]3O)C21. The van der Waals surface area contributed by atoms with Gasteiger partial charge in [-0.25, -0.2) is 0 Å². The van der Waals surface area contributed by atoms with Gasteiger partial charge in [-0.2, -0.15) is 0 Å². The minimum absolute atomic E-state index is 0.0670. The Balaban J connectivity index is 1.31. The van der Waals surface area contributed by atoms with Crippen LogP contribution in [0, 0.1) is 23.2 Å². The van der Waals surface area contributed by atoms with Gasteiger partial charge in [0.15, 0.2) is 0 Å². The topological polar surface area (TPSA) is 69.6 Å². The van der Waals surface area contributed by atoms with Gasteiger partial charge < -0.3 is 15.5 Å². The van der Waals surface area contributed by atoms with Crippen molar-refractivity contribution >= 4 is 28.5 Å². The first-order chi connectivity index (χ1) is 16.8. The first kappa shape index (κ1) is 27.2. The Hall–Kier alpha value is -0.820. The third-order valence-corrected chi connectivity index (χ3v) is 11.0. The van der Waals surface area contributed by atoms with Crippen LogP contribution in [0.2, 0.25) is 0 Å². The predicted octanol–water partition coefficient (Wildman–Crippen LogP) is 6.90. The summed E-state index contributed by atoms with van der Waals surface area (Å²) in [4.78, 5) is 11.3. The highest BCUT2D eigenvalue weighted by Gasteiger charge is 2.59. The number of aromatic hydroxyl groups is 1. The van der Waals surface area contributed by atoms with Crippen molar-refractivity contribution in [1.29, 1.82) is 0 Å². The molecule has 2 saturated carbocycles. The molecule has 1 aromatic rings. The normalized spacial score (nSPS) is 33.6. The van der Waals surface area contributed by atoms with Crippen LogP contribution in [0.15, 0.2) is 18.2 Å². The molecule has 2 fully saturated rings. The van der Waals surface area contributed by atoms with Crippen LogP contribution in [0.4, 0.5) is 0 Å². The first-order valence-corrected chi connectivity index (χ1v) is 15.4. The maximum Gasteiger partial charge on any atom is 0.219 e. The fraction of sp³-hybridized carbons (Fsp3) is 0.767. The van der Waals surface area contributed by atoms with Gasteiger partial charge in [-0.15, -0.1) is 0 Å². The number of unbranched alkanes of at least 4 members (excludes halogenated alkanes) is 7. The number of amides is 1. The summed E-state index contributed by atoms with van der Waals surface area (Å²) in [6.45, 7) is 2.37. The molecule has 4 nitrogen and oxygen atoms in total. The highest BCUT2D eigenvalue weighted by Crippen LogP contribution is 2.63. The van der Waals surface area contributed by atoms with Gasteiger partial charge in [-0.05, 0) is 90.9 Å². The van der Waals surface area contributed by atoms with Crippen molar-refractivity contribution in [3.63, 3.8) is 0 Å². The van der Waals surface area contributed by atoms with E-state index in [1.165, 1.54) is 62.5 Å². The van der Waals surface area contributed by atoms with Crippen molar-refractivity contribution in [2.45, 2.75) is 113 Å². The molecule has 0 spiro atoms. The highest BCUT2D eigenvalue weighted by molar-refractivity contribution is 14.1. The number of halogens is 1. The van der Waals surface area contributed by atoms with Crippen LogP contribution in [0.3, 0.4) is 0 Å². The van der Waals surface area contributed by atoms with Crippen molar-refractivity contribution in [2.24, 2.45) is 23.2 Å². The third-order valence-electron chi connectivity index (χ3n) is 9.83. The molecule has 35 heavy (non-hydrogen) atoms. The number of carbonyl (C=O) groups excluding carboxylic acids is 1. The van der Waals surface area contributed by atoms with E-state index in [2.05, 4.69) is 40.9 Å². The summed E-state index contributed by atoms with van der Waals surface area (Å²) in [6, 6.07) is 6.11. The van der Waals surface area contributed by atoms with E-state index in [1.807, 2.05) is 12.1 Å². The number of alkyl halides is 1. The average Bonchev–Trinajstić information content (AvgIpc) is 3.08. The fourth-order valence-electron chi connectivity index (χ4n) is 7.88. The number of aliphatic hydroxyl groups is 1. The molecule has 0 heterocycles. The Morgan fingerprint density at radius 1 is 1.11 bits per heavy atom. The Morgan fingerprint density at radius 3 is 2.51 bits per heavy atom. The van der Waals surface area contributed by atoms with Crippen LogP contribution in [0.5, 0.6) is 5.75 Å². The zero-order chi connectivity index (χ0) is 25.0. The fourth-order valence-corrected chi connectivity index (χ4v) is 9.25. The molecule has 4 rings (SSSR count). The van der Waals surface area contributed by atoms with Gasteiger partial charge in [-0.1, -0.05) is 80.5 Å². The second-order valence-corrected chi connectivity index (χ2v) is 13.5. The number of hydrogen-bond acceptors (Lipinski definition) is 3. The molecule has 0 radical (unpaired) electrons. The Bertz CT molecular complexity index is 860. The molecule has 3 unspecified atom stereocenters. The molecule has 7 atom stereocenters. The van der Waals surface area contributed by atoms with E-state index in [0.717, 1.165) is 32.1 Å². The lowest BCUT2D eigenvalue weighted by atomic mass is 9.52. The van der Waals surface area contributed by atoms with Crippen LogP contribution in [0.25, 0.3) is 0 Å². The summed E-state index contributed by atoms with van der Waals surface area (Å²) in [5.41, 5.74) is 2.92. The zero-order valence-corrected chi connectivity index (χ0v) is 23.9. The van der Waals surface area contributed by atoms with Crippen LogP contribution in [0.1, 0.15) is 107 Å². The molecule has 5 heteroatoms. The molecule has 0 saturated heterocycles. The van der Waals surface area contributed by atoms with Crippen LogP contribution in [-0.4, -0.2) is 33.2 Å². The standard InChI is InChI=1S/C30H46INO3/c1-30-16-15-24-23-14-13-22(33)18-21(23)17-20(28(24)25(30)19-26(31)29(30)35)11-9-7-5-3-4-6-8-10-12-27(34)32-2/h13-14,18,20,24-26,28-29,33,35H,3-12,15-17,19H2,1-2H3,(H,32,34)/t20-,24?,25?,26-,28?,29+,30+/m1/s1. The van der Waals surface area contributed by atoms with Gasteiger partial charge in [0, 0.05) is 17.4 Å². The maximum absolute atomic E-state index is 11.3. The second-order valence-electron chi connectivity index (χ2n) is 11.9. The van der Waals surface area contributed by atoms with Crippen molar-refractivity contribution in [3.8, 4) is 5.75 Å². The van der Waals surface area contributed by atoms with Crippen LogP contribution < -0.4 is 5.32 Å². The smallest absolute Gasteiger partial charge is 0.219 e. The van der Waals surface area contributed by atoms with Crippen LogP contribution >= 0.6 is 22.6 Å². The number of phenolic OH excluding ortho intramolecular Hbond substituents is 1. The third kappa shape index (κ3) is 6.02. The van der Waals surface area contributed by atoms with Gasteiger partial charge in [0.25, 0.3) is 0 Å². The van der Waals surface area contributed by atoms with Crippen molar-refractivity contribution < 1.29 is 15.0 Å². The van der Waals surface area contributed by atoms with E-state index < -0.39 is 0 Å². The Morgan fingerprint density at radius 2 is 1.80 bits per heavy atom. The summed E-state index contributed by atoms with van der Waals surface area (Å²) in [7, 11) is 1.71. The number of phenols is 1. The lowest BCUT2D eigenvalue weighted by Gasteiger charge is -2.53. The van der Waals surface area contributed by atoms with Gasteiger partial charge in [0.2, 0.25) is 5.91 Å². The van der Waals surface area contributed by atoms with E-state index >= 15 is 0 Å². The van der Waals surface area contributed by atoms with E-state index in [-0.39, 0.29) is 17.4 Å². The van der Waals surface area contributed by atoms with Crippen LogP contribution in [-0.2, 0) is 11.2 Å². The highest BCUT2D eigenvalue weighted by atomic mass is 127. The summed E-state index contributed by atoms with van der Waals surface area (Å²) >= 11 is 2.51. The number of aliphatic hydroxyl groups excluding tert-OH is 1. The molecule has 0 aromatic heterocycles. The molecular weight excluding hydrogens is 549 g/mol. The molecular formula is C30H46INO3. The summed E-state index contributed by atoms with van der Waals surface area (Å²) < 4.78 is 0.375. The van der Waals surface area contributed by atoms with Crippen molar-refractivity contribution in [2.75, 3.05) is 7.05 Å². The molecule has 0 aliphatic heterocycles. The second kappa shape index (κ2) is 12.1. The van der Waals surface area contributed by atoms with Crippen molar-refractivity contribution in [1.82, 2.24) is 5.32 Å². The number of benzene rings is 1. The van der Waals surface area contributed by atoms with Gasteiger partial charge in [-0.3, -0.25) is 4.79 Å². The predicted molar refractivity (Wildman–Crippen MR) is 151 cm³/mol. The molecule has 1 aromatic carbocycles. The average molecular weight is 596 g/mol. The molecule has 3 aliphatic carbocycles. The summed E-state index contributed by atoms with van der Waals surface area (Å²) in [6.07, 6.45) is 16.2. The minimum Gasteiger partial charge on any atom is -0.508 e. The molecule has 3 aliphatic rings. The maximum atomic E-state index is 11.3. The van der Waals surface area contributed by atoms with Crippen molar-refractivity contribution in [3.05, 3.63) is 29.3 Å². The molecule has 196 valence electrons. The number of rotatable bonds is 11. The first-order valence-electron chi connectivity index (χ1n) is 14.2. The number of nitrogens with one attached hydrogen (secondary N) is 1. The summed E-state index contributed by atoms with van der Waals surface area (Å²) in [5, 5.41) is 24.0. The monoisotopic (exact) mass is 595 g/mol. The van der Waals surface area contributed by atoms with E-state index in [1.54, 1.807) is 7.05 Å². The van der Waals surface area contributed by atoms with Gasteiger partial charge in [0.05, 0.1) is 6.10 Å². The lowest BCUT2D eigenvalue weighted by molar-refractivity contribution is -0.120. The zero-order valence-electron chi connectivity index (χ0n) is 21.8. The number of hydrogen-bond donors (Lipinski definition) is 3. The number of fused-ring (bicyclic) bond motifs is 5. The molecule has 3 N–H and O–H groups in total. The van der Waals surface area contributed by atoms with E-state index in [9.17, 15) is 15.0 Å². The number of carbonyl (C=O) groups is 1. The van der Waals surface area contributed by atoms with Gasteiger partial charge in [0.1, 0.15) is 5.75 Å². The largest absolute Gasteiger partial charge is 0.508 e. The summed E-state index contributed by atoms with van der Waals surface area (Å²) in [5.74, 6) is 3.09. The Labute approximate surface area is 226 Å². The quantitative estimate of drug-likeness (QED) is 0.148. The molecule has 0 bridgehead atoms. The van der Waals surface area contributed by atoms with E-state index in [4.69, 9.17) is 0 Å². The molecule has 1 amide bonds. The lowest BCUT2D eigenvalue weighted by Crippen LogP contribution is -2.47. The van der Waals surface area contributed by atoms with E-state index in [0.29, 0.717) is 39.8 Å².